The van der Waals surface area contributed by atoms with E-state index >= 15 is 0 Å². The highest BCUT2D eigenvalue weighted by Crippen LogP contribution is 2.29. The van der Waals surface area contributed by atoms with E-state index in [-0.39, 0.29) is 0 Å². The van der Waals surface area contributed by atoms with Crippen LogP contribution in [-0.4, -0.2) is 25.7 Å². The normalized spacial score (nSPS) is 11.7. The third kappa shape index (κ3) is 3.52. The number of benzene rings is 3. The molecular weight excluding hydrogens is 380 g/mol. The summed E-state index contributed by atoms with van der Waals surface area (Å²) in [5.41, 5.74) is 5.11. The SMILES string of the molecule is Cc1oc(-c2cccc3ccccc23)nc1CN(C)Cc1ccc2nsnc2c1. The molecule has 0 aliphatic heterocycles. The van der Waals surface area contributed by atoms with Gasteiger partial charge >= 0.3 is 0 Å². The van der Waals surface area contributed by atoms with Gasteiger partial charge in [0.05, 0.1) is 17.4 Å². The summed E-state index contributed by atoms with van der Waals surface area (Å²) in [4.78, 5) is 7.06. The highest BCUT2D eigenvalue weighted by atomic mass is 32.1. The van der Waals surface area contributed by atoms with Crippen LogP contribution in [0.15, 0.2) is 65.1 Å². The predicted molar refractivity (Wildman–Crippen MR) is 117 cm³/mol. The van der Waals surface area contributed by atoms with Crippen molar-refractivity contribution in [2.24, 2.45) is 0 Å². The molecule has 5 nitrogen and oxygen atoms in total. The Morgan fingerprint density at radius 1 is 0.931 bits per heavy atom. The Kier molecular flexibility index (Phi) is 4.58. The fraction of sp³-hybridized carbons (Fsp3) is 0.174. The molecule has 6 heteroatoms. The number of fused-ring (bicyclic) bond motifs is 2. The van der Waals surface area contributed by atoms with E-state index in [4.69, 9.17) is 9.40 Å². The Hall–Kier alpha value is -3.09. The van der Waals surface area contributed by atoms with Crippen LogP contribution >= 0.6 is 11.7 Å². The van der Waals surface area contributed by atoms with Crippen molar-refractivity contribution in [3.05, 3.63) is 77.7 Å². The zero-order valence-electron chi connectivity index (χ0n) is 16.3. The van der Waals surface area contributed by atoms with E-state index in [2.05, 4.69) is 57.1 Å². The molecule has 5 rings (SSSR count). The lowest BCUT2D eigenvalue weighted by Gasteiger charge is -2.15. The molecule has 0 radical (unpaired) electrons. The van der Waals surface area contributed by atoms with Gasteiger partial charge in [0, 0.05) is 18.7 Å². The second kappa shape index (κ2) is 7.39. The molecule has 0 saturated heterocycles. The first-order valence-corrected chi connectivity index (χ1v) is 10.2. The van der Waals surface area contributed by atoms with Crippen molar-refractivity contribution < 1.29 is 4.42 Å². The summed E-state index contributed by atoms with van der Waals surface area (Å²) < 4.78 is 14.6. The van der Waals surface area contributed by atoms with Crippen molar-refractivity contribution in [2.75, 3.05) is 7.05 Å². The van der Waals surface area contributed by atoms with E-state index in [0.717, 1.165) is 40.0 Å². The molecule has 29 heavy (non-hydrogen) atoms. The van der Waals surface area contributed by atoms with Gasteiger partial charge in [-0.1, -0.05) is 42.5 Å². The molecule has 0 amide bonds. The smallest absolute Gasteiger partial charge is 0.227 e. The van der Waals surface area contributed by atoms with Crippen molar-refractivity contribution in [2.45, 2.75) is 20.0 Å². The number of hydrogen-bond acceptors (Lipinski definition) is 6. The lowest BCUT2D eigenvalue weighted by Crippen LogP contribution is -2.18. The topological polar surface area (TPSA) is 55.1 Å². The molecule has 0 saturated carbocycles. The Bertz CT molecular complexity index is 1300. The summed E-state index contributed by atoms with van der Waals surface area (Å²) in [6, 6.07) is 20.8. The molecule has 0 spiro atoms. The van der Waals surface area contributed by atoms with E-state index in [1.165, 1.54) is 22.7 Å². The molecule has 3 aromatic carbocycles. The third-order valence-electron chi connectivity index (χ3n) is 5.10. The van der Waals surface area contributed by atoms with Crippen LogP contribution in [0.1, 0.15) is 17.0 Å². The molecule has 2 heterocycles. The summed E-state index contributed by atoms with van der Waals surface area (Å²) in [5, 5.41) is 2.34. The van der Waals surface area contributed by atoms with Gasteiger partial charge in [-0.05, 0) is 48.5 Å². The van der Waals surface area contributed by atoms with Gasteiger partial charge in [0.25, 0.3) is 0 Å². The minimum absolute atomic E-state index is 0.678. The molecule has 144 valence electrons. The molecule has 2 aromatic heterocycles. The molecule has 0 fully saturated rings. The summed E-state index contributed by atoms with van der Waals surface area (Å²) in [5.74, 6) is 1.54. The van der Waals surface area contributed by atoms with Crippen LogP contribution in [0.3, 0.4) is 0 Å². The average molecular weight is 401 g/mol. The zero-order chi connectivity index (χ0) is 19.8. The number of oxazole rings is 1. The van der Waals surface area contributed by atoms with Gasteiger partial charge in [0.15, 0.2) is 0 Å². The van der Waals surface area contributed by atoms with Gasteiger partial charge in [-0.15, -0.1) is 0 Å². The highest BCUT2D eigenvalue weighted by Gasteiger charge is 2.15. The van der Waals surface area contributed by atoms with Gasteiger partial charge in [0.1, 0.15) is 16.8 Å². The van der Waals surface area contributed by atoms with Crippen molar-refractivity contribution in [3.63, 3.8) is 0 Å². The fourth-order valence-electron chi connectivity index (χ4n) is 3.65. The first kappa shape index (κ1) is 18.0. The van der Waals surface area contributed by atoms with E-state index in [9.17, 15) is 0 Å². The maximum absolute atomic E-state index is 6.05. The summed E-state index contributed by atoms with van der Waals surface area (Å²) in [7, 11) is 2.09. The molecule has 0 bridgehead atoms. The number of rotatable bonds is 5. The summed E-state index contributed by atoms with van der Waals surface area (Å²) in [6.07, 6.45) is 0. The van der Waals surface area contributed by atoms with Crippen molar-refractivity contribution in [1.29, 1.82) is 0 Å². The zero-order valence-corrected chi connectivity index (χ0v) is 17.1. The number of aryl methyl sites for hydroxylation is 1. The second-order valence-corrected chi connectivity index (χ2v) is 7.84. The average Bonchev–Trinajstić information content (AvgIpc) is 3.34. The number of nitrogens with zero attached hydrogens (tertiary/aromatic N) is 4. The van der Waals surface area contributed by atoms with Gasteiger partial charge in [0.2, 0.25) is 5.89 Å². The largest absolute Gasteiger partial charge is 0.441 e. The first-order valence-electron chi connectivity index (χ1n) is 9.51. The van der Waals surface area contributed by atoms with Gasteiger partial charge < -0.3 is 4.42 Å². The van der Waals surface area contributed by atoms with E-state index in [1.807, 2.05) is 31.2 Å². The minimum atomic E-state index is 0.678. The van der Waals surface area contributed by atoms with Gasteiger partial charge in [-0.2, -0.15) is 8.75 Å². The van der Waals surface area contributed by atoms with Crippen molar-refractivity contribution in [1.82, 2.24) is 18.6 Å². The number of aromatic nitrogens is 3. The maximum atomic E-state index is 6.05. The molecule has 0 aliphatic carbocycles. The lowest BCUT2D eigenvalue weighted by atomic mass is 10.0. The van der Waals surface area contributed by atoms with Crippen molar-refractivity contribution in [3.8, 4) is 11.5 Å². The lowest BCUT2D eigenvalue weighted by molar-refractivity contribution is 0.313. The van der Waals surface area contributed by atoms with E-state index in [1.54, 1.807) is 0 Å². The Morgan fingerprint density at radius 2 is 1.76 bits per heavy atom. The van der Waals surface area contributed by atoms with Crippen LogP contribution in [0.2, 0.25) is 0 Å². The minimum Gasteiger partial charge on any atom is -0.441 e. The molecular formula is C23H20N4OS. The van der Waals surface area contributed by atoms with Crippen LogP contribution in [0.5, 0.6) is 0 Å². The highest BCUT2D eigenvalue weighted by molar-refractivity contribution is 7.00. The van der Waals surface area contributed by atoms with Crippen LogP contribution in [0.25, 0.3) is 33.3 Å². The van der Waals surface area contributed by atoms with Crippen LogP contribution in [-0.2, 0) is 13.1 Å². The van der Waals surface area contributed by atoms with Gasteiger partial charge in [-0.25, -0.2) is 4.98 Å². The Balaban J connectivity index is 1.38. The molecule has 0 unspecified atom stereocenters. The quantitative estimate of drug-likeness (QED) is 0.393. The Labute approximate surface area is 173 Å². The molecule has 0 N–H and O–H groups in total. The molecule has 0 aliphatic rings. The van der Waals surface area contributed by atoms with Gasteiger partial charge in [-0.3, -0.25) is 4.90 Å². The monoisotopic (exact) mass is 400 g/mol. The maximum Gasteiger partial charge on any atom is 0.227 e. The van der Waals surface area contributed by atoms with Crippen molar-refractivity contribution >= 4 is 33.5 Å². The molecule has 5 aromatic rings. The van der Waals surface area contributed by atoms with Crippen LogP contribution in [0.4, 0.5) is 0 Å². The number of hydrogen-bond donors (Lipinski definition) is 0. The van der Waals surface area contributed by atoms with E-state index < -0.39 is 0 Å². The standard InChI is InChI=1S/C23H20N4OS/c1-15-22(14-27(2)13-16-10-11-20-21(12-16)26-29-25-20)24-23(28-15)19-9-5-7-17-6-3-4-8-18(17)19/h3-12H,13-14H2,1-2H3. The van der Waals surface area contributed by atoms with E-state index in [0.29, 0.717) is 12.4 Å². The Morgan fingerprint density at radius 3 is 2.69 bits per heavy atom. The second-order valence-electron chi connectivity index (χ2n) is 7.31. The van der Waals surface area contributed by atoms with Crippen LogP contribution < -0.4 is 0 Å². The fourth-order valence-corrected chi connectivity index (χ4v) is 4.17. The van der Waals surface area contributed by atoms with Crippen LogP contribution in [0, 0.1) is 6.92 Å². The summed E-state index contributed by atoms with van der Waals surface area (Å²) >= 11 is 1.25. The first-order chi connectivity index (χ1) is 14.2. The predicted octanol–water partition coefficient (Wildman–Crippen LogP) is 5.44. The summed E-state index contributed by atoms with van der Waals surface area (Å²) in [6.45, 7) is 3.51. The molecule has 0 atom stereocenters. The third-order valence-corrected chi connectivity index (χ3v) is 5.66.